The summed E-state index contributed by atoms with van der Waals surface area (Å²) in [7, 11) is 0. The molecule has 0 saturated heterocycles. The van der Waals surface area contributed by atoms with Gasteiger partial charge in [0.1, 0.15) is 0 Å². The van der Waals surface area contributed by atoms with Crippen LogP contribution in [0.4, 0.5) is 11.6 Å². The Morgan fingerprint density at radius 3 is 2.76 bits per heavy atom. The van der Waals surface area contributed by atoms with Crippen molar-refractivity contribution in [2.45, 2.75) is 13.8 Å². The number of aromatic nitrogens is 3. The molecule has 0 amide bonds. The number of thiophene rings is 1. The highest BCUT2D eigenvalue weighted by Crippen LogP contribution is 2.28. The number of nitrogens with zero attached hydrogens (tertiary/aromatic N) is 2. The van der Waals surface area contributed by atoms with Gasteiger partial charge < -0.3 is 5.32 Å². The van der Waals surface area contributed by atoms with Crippen molar-refractivity contribution in [2.24, 2.45) is 0 Å². The van der Waals surface area contributed by atoms with Crippen LogP contribution < -0.4 is 10.9 Å². The number of aromatic amines is 1. The zero-order valence-corrected chi connectivity index (χ0v) is 14.6. The van der Waals surface area contributed by atoms with Crippen molar-refractivity contribution in [1.82, 2.24) is 15.0 Å². The average molecular weight is 348 g/mol. The fourth-order valence-electron chi connectivity index (χ4n) is 2.72. The Balaban J connectivity index is 1.80. The monoisotopic (exact) mass is 348 g/mol. The molecule has 0 spiro atoms. The molecule has 2 N–H and O–H groups in total. The van der Waals surface area contributed by atoms with Crippen LogP contribution in [0.2, 0.25) is 0 Å². The van der Waals surface area contributed by atoms with Crippen LogP contribution in [0.15, 0.2) is 52.8 Å². The molecule has 1 aromatic carbocycles. The third-order valence-electron chi connectivity index (χ3n) is 4.16. The Morgan fingerprint density at radius 1 is 1.12 bits per heavy atom. The van der Waals surface area contributed by atoms with Crippen LogP contribution >= 0.6 is 11.3 Å². The van der Waals surface area contributed by atoms with E-state index in [9.17, 15) is 4.79 Å². The van der Waals surface area contributed by atoms with Gasteiger partial charge in [-0.1, -0.05) is 12.1 Å². The van der Waals surface area contributed by atoms with Gasteiger partial charge >= 0.3 is 0 Å². The summed E-state index contributed by atoms with van der Waals surface area (Å²) in [5.74, 6) is 0.386. The molecular weight excluding hydrogens is 332 g/mol. The van der Waals surface area contributed by atoms with Crippen LogP contribution in [-0.2, 0) is 0 Å². The molecule has 0 radical (unpaired) electrons. The van der Waals surface area contributed by atoms with Gasteiger partial charge in [-0.15, -0.1) is 11.3 Å². The van der Waals surface area contributed by atoms with Crippen molar-refractivity contribution in [3.8, 4) is 10.4 Å². The lowest BCUT2D eigenvalue weighted by Gasteiger charge is -2.09. The lowest BCUT2D eigenvalue weighted by Crippen LogP contribution is -2.13. The van der Waals surface area contributed by atoms with E-state index in [1.807, 2.05) is 48.7 Å². The molecule has 6 heteroatoms. The first-order valence-corrected chi connectivity index (χ1v) is 8.77. The predicted octanol–water partition coefficient (Wildman–Crippen LogP) is 4.41. The number of hydrogen-bond acceptors (Lipinski definition) is 5. The summed E-state index contributed by atoms with van der Waals surface area (Å²) < 4.78 is 0. The van der Waals surface area contributed by atoms with E-state index >= 15 is 0 Å². The highest BCUT2D eigenvalue weighted by molar-refractivity contribution is 7.13. The van der Waals surface area contributed by atoms with Crippen molar-refractivity contribution >= 4 is 34.0 Å². The molecule has 25 heavy (non-hydrogen) atoms. The number of nitrogens with one attached hydrogen (secondary N) is 2. The molecular formula is C19H16N4OS. The van der Waals surface area contributed by atoms with Crippen LogP contribution in [0.5, 0.6) is 0 Å². The molecule has 0 atom stereocenters. The van der Waals surface area contributed by atoms with Gasteiger partial charge in [-0.25, -0.2) is 4.98 Å². The van der Waals surface area contributed by atoms with Crippen molar-refractivity contribution in [1.29, 1.82) is 0 Å². The van der Waals surface area contributed by atoms with E-state index in [4.69, 9.17) is 0 Å². The number of pyridine rings is 1. The van der Waals surface area contributed by atoms with E-state index in [-0.39, 0.29) is 5.56 Å². The Labute approximate surface area is 148 Å². The van der Waals surface area contributed by atoms with Crippen LogP contribution in [0.25, 0.3) is 21.5 Å². The van der Waals surface area contributed by atoms with Gasteiger partial charge in [0.25, 0.3) is 5.56 Å². The smallest absolute Gasteiger partial charge is 0.262 e. The third-order valence-corrected chi connectivity index (χ3v) is 5.07. The van der Waals surface area contributed by atoms with Crippen LogP contribution in [-0.4, -0.2) is 15.0 Å². The van der Waals surface area contributed by atoms with E-state index in [1.165, 1.54) is 11.1 Å². The molecule has 3 heterocycles. The van der Waals surface area contributed by atoms with Gasteiger partial charge in [-0.05, 0) is 54.6 Å². The van der Waals surface area contributed by atoms with Gasteiger partial charge in [0.15, 0.2) is 5.65 Å². The minimum Gasteiger partial charge on any atom is -0.326 e. The molecule has 124 valence electrons. The van der Waals surface area contributed by atoms with E-state index in [2.05, 4.69) is 27.2 Å². The zero-order chi connectivity index (χ0) is 17.4. The van der Waals surface area contributed by atoms with Crippen molar-refractivity contribution in [3.63, 3.8) is 0 Å². The van der Waals surface area contributed by atoms with Gasteiger partial charge in [0.2, 0.25) is 5.95 Å². The Kier molecular flexibility index (Phi) is 3.82. The molecule has 4 aromatic rings. The van der Waals surface area contributed by atoms with E-state index in [0.29, 0.717) is 17.0 Å². The highest BCUT2D eigenvalue weighted by Gasteiger charge is 2.12. The van der Waals surface area contributed by atoms with E-state index < -0.39 is 0 Å². The lowest BCUT2D eigenvalue weighted by molar-refractivity contribution is 1.14. The summed E-state index contributed by atoms with van der Waals surface area (Å²) in [5.41, 5.74) is 4.35. The van der Waals surface area contributed by atoms with Crippen LogP contribution in [0.3, 0.4) is 0 Å². The van der Waals surface area contributed by atoms with Crippen molar-refractivity contribution in [3.05, 3.63) is 69.5 Å². The molecule has 0 aliphatic heterocycles. The summed E-state index contributed by atoms with van der Waals surface area (Å²) in [6, 6.07) is 11.8. The topological polar surface area (TPSA) is 70.7 Å². The predicted molar refractivity (Wildman–Crippen MR) is 103 cm³/mol. The SMILES string of the molecule is Cc1ccc(Nc2nc3nccc(-c4cccs4)c3c(=O)[nH]2)cc1C. The maximum Gasteiger partial charge on any atom is 0.262 e. The standard InChI is InChI=1S/C19H16N4OS/c1-11-5-6-13(10-12(11)2)21-19-22-17-16(18(24)23-19)14(7-8-20-17)15-4-3-9-25-15/h3-10H,1-2H3,(H2,20,21,22,23,24). The number of aryl methyl sites for hydroxylation is 2. The Hall–Kier alpha value is -2.99. The molecule has 0 fully saturated rings. The van der Waals surface area contributed by atoms with Gasteiger partial charge in [0.05, 0.1) is 5.39 Å². The fraction of sp³-hybridized carbons (Fsp3) is 0.105. The van der Waals surface area contributed by atoms with Crippen LogP contribution in [0, 0.1) is 13.8 Å². The number of anilines is 2. The number of benzene rings is 1. The molecule has 0 bridgehead atoms. The third kappa shape index (κ3) is 2.92. The van der Waals surface area contributed by atoms with Crippen molar-refractivity contribution in [2.75, 3.05) is 5.32 Å². The lowest BCUT2D eigenvalue weighted by atomic mass is 10.1. The second-order valence-electron chi connectivity index (χ2n) is 5.87. The Morgan fingerprint density at radius 2 is 2.00 bits per heavy atom. The molecule has 0 unspecified atom stereocenters. The summed E-state index contributed by atoms with van der Waals surface area (Å²) in [6.45, 7) is 4.11. The Bertz CT molecular complexity index is 1120. The fourth-order valence-corrected chi connectivity index (χ4v) is 3.47. The number of fused-ring (bicyclic) bond motifs is 1. The minimum atomic E-state index is -0.201. The van der Waals surface area contributed by atoms with Gasteiger partial charge in [-0.2, -0.15) is 4.98 Å². The van der Waals surface area contributed by atoms with Gasteiger partial charge in [-0.3, -0.25) is 9.78 Å². The average Bonchev–Trinajstić information content (AvgIpc) is 3.12. The summed E-state index contributed by atoms with van der Waals surface area (Å²) in [6.07, 6.45) is 1.68. The first-order valence-electron chi connectivity index (χ1n) is 7.89. The number of H-pyrrole nitrogens is 1. The second kappa shape index (κ2) is 6.14. The quantitative estimate of drug-likeness (QED) is 0.575. The summed E-state index contributed by atoms with van der Waals surface area (Å²) in [4.78, 5) is 25.3. The number of rotatable bonds is 3. The normalized spacial score (nSPS) is 11.0. The van der Waals surface area contributed by atoms with E-state index in [1.54, 1.807) is 17.5 Å². The van der Waals surface area contributed by atoms with E-state index in [0.717, 1.165) is 16.1 Å². The molecule has 0 aliphatic rings. The first kappa shape index (κ1) is 15.5. The molecule has 3 aromatic heterocycles. The van der Waals surface area contributed by atoms with Crippen molar-refractivity contribution < 1.29 is 0 Å². The zero-order valence-electron chi connectivity index (χ0n) is 13.8. The van der Waals surface area contributed by atoms with Gasteiger partial charge in [0, 0.05) is 22.3 Å². The summed E-state index contributed by atoms with van der Waals surface area (Å²) in [5, 5.41) is 5.65. The second-order valence-corrected chi connectivity index (χ2v) is 6.82. The van der Waals surface area contributed by atoms with Crippen LogP contribution in [0.1, 0.15) is 11.1 Å². The minimum absolute atomic E-state index is 0.201. The maximum atomic E-state index is 12.7. The molecule has 5 nitrogen and oxygen atoms in total. The molecule has 4 rings (SSSR count). The summed E-state index contributed by atoms with van der Waals surface area (Å²) >= 11 is 1.59. The molecule has 0 saturated carbocycles. The largest absolute Gasteiger partial charge is 0.326 e. The number of hydrogen-bond donors (Lipinski definition) is 2. The maximum absolute atomic E-state index is 12.7. The highest BCUT2D eigenvalue weighted by atomic mass is 32.1. The first-order chi connectivity index (χ1) is 12.1. The molecule has 0 aliphatic carbocycles.